The van der Waals surface area contributed by atoms with Gasteiger partial charge in [-0.2, -0.15) is 13.2 Å². The van der Waals surface area contributed by atoms with Crippen LogP contribution < -0.4 is 10.1 Å². The van der Waals surface area contributed by atoms with Gasteiger partial charge < -0.3 is 14.8 Å². The lowest BCUT2D eigenvalue weighted by Gasteiger charge is -2.09. The van der Waals surface area contributed by atoms with Crippen LogP contribution >= 0.6 is 11.6 Å². The second-order valence-electron chi connectivity index (χ2n) is 5.46. The lowest BCUT2D eigenvalue weighted by molar-refractivity contribution is -0.142. The summed E-state index contributed by atoms with van der Waals surface area (Å²) in [5.74, 6) is -0.927. The zero-order valence-electron chi connectivity index (χ0n) is 14.5. The topological polar surface area (TPSA) is 64.6 Å². The van der Waals surface area contributed by atoms with Gasteiger partial charge in [-0.15, -0.1) is 0 Å². The molecule has 0 saturated carbocycles. The third-order valence-electron chi connectivity index (χ3n) is 3.41. The van der Waals surface area contributed by atoms with E-state index in [1.807, 2.05) is 0 Å². The Morgan fingerprint density at radius 2 is 1.93 bits per heavy atom. The molecule has 0 aromatic heterocycles. The molecule has 1 amide bonds. The van der Waals surface area contributed by atoms with E-state index in [4.69, 9.17) is 21.1 Å². The summed E-state index contributed by atoms with van der Waals surface area (Å²) in [6.07, 6.45) is -2.56. The fourth-order valence-electron chi connectivity index (χ4n) is 2.11. The van der Waals surface area contributed by atoms with Crippen LogP contribution in [0.1, 0.15) is 11.1 Å². The van der Waals surface area contributed by atoms with Gasteiger partial charge in [-0.05, 0) is 35.9 Å². The number of rotatable bonds is 6. The molecule has 0 atom stereocenters. The number of esters is 1. The van der Waals surface area contributed by atoms with Gasteiger partial charge in [0, 0.05) is 17.8 Å². The third kappa shape index (κ3) is 6.31. The van der Waals surface area contributed by atoms with E-state index < -0.39 is 35.2 Å². The minimum absolute atomic E-state index is 0.106. The zero-order valence-corrected chi connectivity index (χ0v) is 15.3. The first kappa shape index (κ1) is 21.3. The molecule has 0 bridgehead atoms. The predicted octanol–water partition coefficient (Wildman–Crippen LogP) is 4.56. The highest BCUT2D eigenvalue weighted by Crippen LogP contribution is 2.35. The van der Waals surface area contributed by atoms with Gasteiger partial charge >= 0.3 is 12.1 Å². The van der Waals surface area contributed by atoms with Gasteiger partial charge in [0.05, 0.1) is 17.7 Å². The molecule has 0 fully saturated rings. The molecule has 28 heavy (non-hydrogen) atoms. The molecule has 5 nitrogen and oxygen atoms in total. The highest BCUT2D eigenvalue weighted by atomic mass is 35.5. The van der Waals surface area contributed by atoms with Crippen LogP contribution in [-0.4, -0.2) is 25.6 Å². The van der Waals surface area contributed by atoms with Crippen molar-refractivity contribution >= 4 is 35.2 Å². The molecule has 2 rings (SSSR count). The Labute approximate surface area is 163 Å². The van der Waals surface area contributed by atoms with Crippen molar-refractivity contribution < 1.29 is 32.2 Å². The zero-order chi connectivity index (χ0) is 20.7. The van der Waals surface area contributed by atoms with Crippen LogP contribution in [0, 0.1) is 0 Å². The molecular formula is C19H15ClF3NO4. The smallest absolute Gasteiger partial charge is 0.417 e. The number of hydrogen-bond donors (Lipinski definition) is 1. The molecule has 0 radical (unpaired) electrons. The van der Waals surface area contributed by atoms with Crippen LogP contribution in [0.25, 0.3) is 6.08 Å². The number of nitrogens with one attached hydrogen (secondary N) is 1. The van der Waals surface area contributed by atoms with Gasteiger partial charge in [0.15, 0.2) is 6.61 Å². The first-order chi connectivity index (χ1) is 13.2. The van der Waals surface area contributed by atoms with Crippen molar-refractivity contribution in [2.24, 2.45) is 0 Å². The number of halogens is 4. The van der Waals surface area contributed by atoms with Crippen LogP contribution in [-0.2, 0) is 20.5 Å². The van der Waals surface area contributed by atoms with E-state index in [2.05, 4.69) is 5.32 Å². The summed E-state index contributed by atoms with van der Waals surface area (Å²) in [6.45, 7) is -0.561. The summed E-state index contributed by atoms with van der Waals surface area (Å²) >= 11 is 5.53. The number of hydrogen-bond acceptors (Lipinski definition) is 4. The largest absolute Gasteiger partial charge is 0.497 e. The molecule has 9 heteroatoms. The minimum Gasteiger partial charge on any atom is -0.497 e. The number of amides is 1. The Hall–Kier alpha value is -3.00. The Kier molecular flexibility index (Phi) is 7.06. The van der Waals surface area contributed by atoms with E-state index in [1.54, 1.807) is 24.3 Å². The van der Waals surface area contributed by atoms with E-state index >= 15 is 0 Å². The van der Waals surface area contributed by atoms with E-state index in [9.17, 15) is 22.8 Å². The van der Waals surface area contributed by atoms with Gasteiger partial charge in [0.2, 0.25) is 0 Å². The van der Waals surface area contributed by atoms with Gasteiger partial charge in [-0.1, -0.05) is 23.7 Å². The second-order valence-corrected chi connectivity index (χ2v) is 5.87. The van der Waals surface area contributed by atoms with Crippen molar-refractivity contribution in [1.82, 2.24) is 0 Å². The minimum atomic E-state index is -4.61. The number of methoxy groups -OCH3 is 1. The summed E-state index contributed by atoms with van der Waals surface area (Å²) in [5, 5.41) is 2.07. The summed E-state index contributed by atoms with van der Waals surface area (Å²) < 4.78 is 48.2. The molecule has 0 aliphatic carbocycles. The number of benzene rings is 2. The fourth-order valence-corrected chi connectivity index (χ4v) is 2.34. The Morgan fingerprint density at radius 3 is 2.61 bits per heavy atom. The monoisotopic (exact) mass is 413 g/mol. The molecule has 0 aliphatic heterocycles. The number of anilines is 1. The van der Waals surface area contributed by atoms with E-state index in [0.29, 0.717) is 11.4 Å². The maximum absolute atomic E-state index is 12.8. The van der Waals surface area contributed by atoms with Crippen LogP contribution in [0.5, 0.6) is 5.75 Å². The van der Waals surface area contributed by atoms with Gasteiger partial charge in [0.25, 0.3) is 5.91 Å². The summed E-state index contributed by atoms with van der Waals surface area (Å²) in [6, 6.07) is 9.78. The molecular weight excluding hydrogens is 399 g/mol. The molecule has 0 aliphatic rings. The van der Waals surface area contributed by atoms with E-state index in [1.165, 1.54) is 13.2 Å². The maximum Gasteiger partial charge on any atom is 0.417 e. The molecule has 2 aromatic rings. The van der Waals surface area contributed by atoms with Crippen molar-refractivity contribution in [2.45, 2.75) is 6.18 Å². The van der Waals surface area contributed by atoms with Gasteiger partial charge in [-0.3, -0.25) is 4.79 Å². The average Bonchev–Trinajstić information content (AvgIpc) is 2.65. The summed E-state index contributed by atoms with van der Waals surface area (Å²) in [5.41, 5.74) is -0.450. The van der Waals surface area contributed by atoms with Crippen LogP contribution in [0.15, 0.2) is 48.5 Å². The van der Waals surface area contributed by atoms with Crippen LogP contribution in [0.2, 0.25) is 5.02 Å². The van der Waals surface area contributed by atoms with Crippen molar-refractivity contribution in [3.05, 3.63) is 64.7 Å². The van der Waals surface area contributed by atoms with Gasteiger partial charge in [0.1, 0.15) is 5.75 Å². The maximum atomic E-state index is 12.8. The number of ether oxygens (including phenoxy) is 2. The molecule has 0 heterocycles. The van der Waals surface area contributed by atoms with Crippen molar-refractivity contribution in [3.8, 4) is 5.75 Å². The lowest BCUT2D eigenvalue weighted by Crippen LogP contribution is -2.20. The van der Waals surface area contributed by atoms with E-state index in [-0.39, 0.29) is 5.56 Å². The summed E-state index contributed by atoms with van der Waals surface area (Å²) in [7, 11) is 1.48. The standard InChI is InChI=1S/C19H15ClF3NO4/c1-27-14-4-2-3-13(10-14)24-17(25)11-28-18(26)8-6-12-5-7-16(20)15(9-12)19(21,22)23/h2-10H,11H2,1H3,(H,24,25)/b8-6+. The van der Waals surface area contributed by atoms with E-state index in [0.717, 1.165) is 24.3 Å². The average molecular weight is 414 g/mol. The SMILES string of the molecule is COc1cccc(NC(=O)COC(=O)/C=C/c2ccc(Cl)c(C(F)(F)F)c2)c1. The van der Waals surface area contributed by atoms with Crippen LogP contribution in [0.4, 0.5) is 18.9 Å². The molecule has 148 valence electrons. The number of alkyl halides is 3. The first-order valence-electron chi connectivity index (χ1n) is 7.84. The van der Waals surface area contributed by atoms with Crippen molar-refractivity contribution in [2.75, 3.05) is 19.0 Å². The summed E-state index contributed by atoms with van der Waals surface area (Å²) in [4.78, 5) is 23.5. The number of carbonyl (C=O) groups is 2. The molecule has 0 spiro atoms. The van der Waals surface area contributed by atoms with Crippen molar-refractivity contribution in [1.29, 1.82) is 0 Å². The number of carbonyl (C=O) groups excluding carboxylic acids is 2. The first-order valence-corrected chi connectivity index (χ1v) is 8.22. The second kappa shape index (κ2) is 9.27. The highest BCUT2D eigenvalue weighted by Gasteiger charge is 2.33. The predicted molar refractivity (Wildman–Crippen MR) is 98.1 cm³/mol. The molecule has 2 aromatic carbocycles. The Bertz CT molecular complexity index is 897. The highest BCUT2D eigenvalue weighted by molar-refractivity contribution is 6.31. The molecule has 1 N–H and O–H groups in total. The lowest BCUT2D eigenvalue weighted by atomic mass is 10.1. The molecule has 0 unspecified atom stereocenters. The molecule has 0 saturated heterocycles. The Morgan fingerprint density at radius 1 is 1.18 bits per heavy atom. The third-order valence-corrected chi connectivity index (χ3v) is 3.74. The van der Waals surface area contributed by atoms with Crippen LogP contribution in [0.3, 0.4) is 0 Å². The Balaban J connectivity index is 1.90. The normalized spacial score (nSPS) is 11.3. The van der Waals surface area contributed by atoms with Crippen molar-refractivity contribution in [3.63, 3.8) is 0 Å². The fraction of sp³-hybridized carbons (Fsp3) is 0.158. The van der Waals surface area contributed by atoms with Gasteiger partial charge in [-0.25, -0.2) is 4.79 Å². The quantitative estimate of drug-likeness (QED) is 0.557.